The quantitative estimate of drug-likeness (QED) is 0.382. The number of nitrogens with zero attached hydrogens (tertiary/aromatic N) is 2. The van der Waals surface area contributed by atoms with Crippen molar-refractivity contribution in [3.05, 3.63) is 54.1 Å². The molecule has 0 aromatic heterocycles. The first-order valence-corrected chi connectivity index (χ1v) is 12.7. The third-order valence-corrected chi connectivity index (χ3v) is 8.26. The van der Waals surface area contributed by atoms with Crippen molar-refractivity contribution in [3.63, 3.8) is 0 Å². The molecule has 0 spiro atoms. The first-order chi connectivity index (χ1) is 16.5. The van der Waals surface area contributed by atoms with E-state index in [9.17, 15) is 22.8 Å². The summed E-state index contributed by atoms with van der Waals surface area (Å²) >= 11 is 0. The van der Waals surface area contributed by atoms with Gasteiger partial charge in [0, 0.05) is 5.54 Å². The van der Waals surface area contributed by atoms with Crippen LogP contribution in [0.1, 0.15) is 50.9 Å². The van der Waals surface area contributed by atoms with Gasteiger partial charge < -0.3 is 9.47 Å². The normalized spacial score (nSPS) is 16.6. The molecule has 0 bridgehead atoms. The second-order valence-electron chi connectivity index (χ2n) is 8.70. The van der Waals surface area contributed by atoms with E-state index >= 15 is 0 Å². The Kier molecular flexibility index (Phi) is 7.66. The molecule has 9 nitrogen and oxygen atoms in total. The third-order valence-electron chi connectivity index (χ3n) is 6.12. The van der Waals surface area contributed by atoms with E-state index in [4.69, 9.17) is 9.47 Å². The molecule has 1 fully saturated rings. The molecule has 1 aliphatic heterocycles. The summed E-state index contributed by atoms with van der Waals surface area (Å²) in [6, 6.07) is 10.5. The minimum atomic E-state index is -4.15. The number of hydrogen-bond donors (Lipinski definition) is 0. The minimum absolute atomic E-state index is 0.00249. The predicted octanol–water partition coefficient (Wildman–Crippen LogP) is 3.38. The zero-order chi connectivity index (χ0) is 26.0. The highest BCUT2D eigenvalue weighted by Gasteiger charge is 2.51. The van der Waals surface area contributed by atoms with Crippen molar-refractivity contribution in [1.82, 2.24) is 4.31 Å². The monoisotopic (exact) mass is 502 g/mol. The summed E-state index contributed by atoms with van der Waals surface area (Å²) in [4.78, 5) is 39.4. The van der Waals surface area contributed by atoms with Gasteiger partial charge in [-0.1, -0.05) is 6.92 Å². The summed E-state index contributed by atoms with van der Waals surface area (Å²) < 4.78 is 38.7. The molecule has 10 heteroatoms. The third kappa shape index (κ3) is 5.08. The molecule has 0 radical (unpaired) electrons. The number of carbonyl (C=O) groups excluding carboxylic acids is 3. The number of rotatable bonds is 9. The first-order valence-electron chi connectivity index (χ1n) is 11.3. The van der Waals surface area contributed by atoms with Crippen LogP contribution in [-0.4, -0.2) is 55.8 Å². The van der Waals surface area contributed by atoms with E-state index in [1.54, 1.807) is 20.8 Å². The van der Waals surface area contributed by atoms with Crippen LogP contribution in [0.3, 0.4) is 0 Å². The van der Waals surface area contributed by atoms with E-state index in [2.05, 4.69) is 0 Å². The lowest BCUT2D eigenvalue weighted by Crippen LogP contribution is -2.55. The molecular weight excluding hydrogens is 472 g/mol. The van der Waals surface area contributed by atoms with Crippen molar-refractivity contribution < 1.29 is 32.3 Å². The highest BCUT2D eigenvalue weighted by molar-refractivity contribution is 7.89. The van der Waals surface area contributed by atoms with Crippen LogP contribution < -0.4 is 9.64 Å². The molecule has 35 heavy (non-hydrogen) atoms. The Hall–Kier alpha value is -3.24. The molecule has 0 N–H and O–H groups in total. The van der Waals surface area contributed by atoms with Crippen LogP contribution in [0.4, 0.5) is 5.69 Å². The number of methoxy groups -OCH3 is 1. The maximum absolute atomic E-state index is 13.8. The van der Waals surface area contributed by atoms with E-state index in [1.165, 1.54) is 55.6 Å². The van der Waals surface area contributed by atoms with Crippen LogP contribution in [0, 0.1) is 0 Å². The number of hydrogen-bond acceptors (Lipinski definition) is 7. The predicted molar refractivity (Wildman–Crippen MR) is 130 cm³/mol. The van der Waals surface area contributed by atoms with Gasteiger partial charge in [-0.3, -0.25) is 9.59 Å². The Morgan fingerprint density at radius 2 is 1.66 bits per heavy atom. The van der Waals surface area contributed by atoms with Gasteiger partial charge in [-0.05, 0) is 75.7 Å². The average molecular weight is 503 g/mol. The highest BCUT2D eigenvalue weighted by atomic mass is 32.2. The number of amides is 2. The average Bonchev–Trinajstić information content (AvgIpc) is 3.12. The Labute approximate surface area is 205 Å². The van der Waals surface area contributed by atoms with Crippen LogP contribution in [0.5, 0.6) is 5.75 Å². The molecule has 1 heterocycles. The summed E-state index contributed by atoms with van der Waals surface area (Å²) in [6.07, 6.45) is 0.117. The van der Waals surface area contributed by atoms with Gasteiger partial charge in [0.05, 0.1) is 36.3 Å². The summed E-state index contributed by atoms with van der Waals surface area (Å²) in [5, 5.41) is 0. The van der Waals surface area contributed by atoms with Crippen molar-refractivity contribution in [1.29, 1.82) is 0 Å². The maximum atomic E-state index is 13.8. The van der Waals surface area contributed by atoms with E-state index in [0.29, 0.717) is 12.2 Å². The van der Waals surface area contributed by atoms with Crippen molar-refractivity contribution in [2.24, 2.45) is 0 Å². The van der Waals surface area contributed by atoms with Gasteiger partial charge >= 0.3 is 5.97 Å². The summed E-state index contributed by atoms with van der Waals surface area (Å²) in [6.45, 7) is 7.18. The molecule has 1 atom stereocenters. The van der Waals surface area contributed by atoms with Gasteiger partial charge in [0.1, 0.15) is 11.8 Å². The molecular formula is C25H30N2O7S. The van der Waals surface area contributed by atoms with Gasteiger partial charge in [0.25, 0.3) is 5.91 Å². The number of imide groups is 1. The lowest BCUT2D eigenvalue weighted by Gasteiger charge is -2.39. The lowest BCUT2D eigenvalue weighted by atomic mass is 10.00. The summed E-state index contributed by atoms with van der Waals surface area (Å²) in [5.41, 5.74) is -0.419. The zero-order valence-corrected chi connectivity index (χ0v) is 21.3. The molecule has 0 saturated carbocycles. The molecule has 2 aromatic rings. The number of benzene rings is 2. The Balaban J connectivity index is 1.99. The molecule has 1 saturated heterocycles. The van der Waals surface area contributed by atoms with Crippen molar-refractivity contribution in [2.45, 2.75) is 57.0 Å². The number of carbonyl (C=O) groups is 3. The topological polar surface area (TPSA) is 110 Å². The van der Waals surface area contributed by atoms with Crippen LogP contribution in [0.15, 0.2) is 53.4 Å². The fourth-order valence-corrected chi connectivity index (χ4v) is 5.95. The van der Waals surface area contributed by atoms with Gasteiger partial charge in [-0.25, -0.2) is 18.1 Å². The Morgan fingerprint density at radius 3 is 2.17 bits per heavy atom. The van der Waals surface area contributed by atoms with E-state index in [1.807, 2.05) is 6.92 Å². The van der Waals surface area contributed by atoms with Crippen LogP contribution in [0.2, 0.25) is 0 Å². The molecule has 1 unspecified atom stereocenters. The number of anilines is 1. The van der Waals surface area contributed by atoms with Crippen molar-refractivity contribution in [2.75, 3.05) is 18.6 Å². The van der Waals surface area contributed by atoms with Crippen LogP contribution in [-0.2, 0) is 24.3 Å². The second-order valence-corrected chi connectivity index (χ2v) is 10.5. The highest BCUT2D eigenvalue weighted by Crippen LogP contribution is 2.36. The largest absolute Gasteiger partial charge is 0.497 e. The minimum Gasteiger partial charge on any atom is -0.497 e. The number of esters is 1. The molecule has 1 aliphatic rings. The molecule has 3 rings (SSSR count). The first kappa shape index (κ1) is 26.4. The van der Waals surface area contributed by atoms with E-state index in [0.717, 1.165) is 9.21 Å². The van der Waals surface area contributed by atoms with Crippen molar-refractivity contribution in [3.8, 4) is 5.75 Å². The summed E-state index contributed by atoms with van der Waals surface area (Å²) in [7, 11) is -2.67. The zero-order valence-electron chi connectivity index (χ0n) is 20.5. The molecule has 0 aliphatic carbocycles. The Bertz CT molecular complexity index is 1210. The van der Waals surface area contributed by atoms with Crippen LogP contribution >= 0.6 is 0 Å². The van der Waals surface area contributed by atoms with Gasteiger partial charge in [0.2, 0.25) is 15.9 Å². The SMILES string of the molecule is CCOC(=O)c1ccc(N2C(=O)CC(N(C(C)(C)CC)S(=O)(=O)c3ccc(OC)cc3)C2=O)cc1. The van der Waals surface area contributed by atoms with Crippen molar-refractivity contribution >= 4 is 33.5 Å². The van der Waals surface area contributed by atoms with Gasteiger partial charge in [-0.2, -0.15) is 4.31 Å². The smallest absolute Gasteiger partial charge is 0.338 e. The maximum Gasteiger partial charge on any atom is 0.338 e. The standard InChI is InChI=1S/C25H30N2O7S/c1-6-25(3,4)27(35(31,32)20-14-12-19(33-5)13-15-20)21-16-22(28)26(23(21)29)18-10-8-17(9-11-18)24(30)34-7-2/h8-15,21H,6-7,16H2,1-5H3. The Morgan fingerprint density at radius 1 is 1.06 bits per heavy atom. The fraction of sp³-hybridized carbons (Fsp3) is 0.400. The van der Waals surface area contributed by atoms with E-state index < -0.39 is 39.4 Å². The number of sulfonamides is 1. The fourth-order valence-electron chi connectivity index (χ4n) is 3.96. The molecule has 2 aromatic carbocycles. The van der Waals surface area contributed by atoms with Crippen LogP contribution in [0.25, 0.3) is 0 Å². The second kappa shape index (κ2) is 10.2. The van der Waals surface area contributed by atoms with E-state index in [-0.39, 0.29) is 29.2 Å². The van der Waals surface area contributed by atoms with Gasteiger partial charge in [0.15, 0.2) is 0 Å². The summed E-state index contributed by atoms with van der Waals surface area (Å²) in [5.74, 6) is -1.18. The van der Waals surface area contributed by atoms with Gasteiger partial charge in [-0.15, -0.1) is 0 Å². The number of ether oxygens (including phenoxy) is 2. The lowest BCUT2D eigenvalue weighted by molar-refractivity contribution is -0.122. The molecule has 188 valence electrons. The molecule has 2 amide bonds.